The molecular weight excluding hydrogens is 419 g/mol. The summed E-state index contributed by atoms with van der Waals surface area (Å²) in [6.45, 7) is 2.03. The number of hydrogen-bond donors (Lipinski definition) is 0. The van der Waals surface area contributed by atoms with E-state index in [1.165, 1.54) is 18.2 Å². The molecule has 0 saturated carbocycles. The highest BCUT2D eigenvalue weighted by Crippen LogP contribution is 2.39. The van der Waals surface area contributed by atoms with Crippen LogP contribution in [0.25, 0.3) is 22.4 Å². The Balaban J connectivity index is 1.80. The second-order valence-corrected chi connectivity index (χ2v) is 7.21. The first-order valence-corrected chi connectivity index (χ1v) is 9.81. The minimum Gasteiger partial charge on any atom is -0.337 e. The van der Waals surface area contributed by atoms with Crippen molar-refractivity contribution in [3.8, 4) is 23.6 Å². The molecule has 0 bridgehead atoms. The maximum atomic E-state index is 13.7. The van der Waals surface area contributed by atoms with Crippen molar-refractivity contribution in [2.45, 2.75) is 32.5 Å². The molecule has 0 fully saturated rings. The molecule has 0 spiro atoms. The van der Waals surface area contributed by atoms with E-state index in [-0.39, 0.29) is 23.6 Å². The predicted octanol–water partition coefficient (Wildman–Crippen LogP) is 5.45. The van der Waals surface area contributed by atoms with E-state index in [1.807, 2.05) is 13.0 Å². The van der Waals surface area contributed by atoms with Crippen LogP contribution in [-0.2, 0) is 19.1 Å². The van der Waals surface area contributed by atoms with Crippen LogP contribution in [0.3, 0.4) is 0 Å². The van der Waals surface area contributed by atoms with E-state index in [0.29, 0.717) is 28.8 Å². The third kappa shape index (κ3) is 3.81. The van der Waals surface area contributed by atoms with Crippen LogP contribution < -0.4 is 0 Å². The third-order valence-corrected chi connectivity index (χ3v) is 5.09. The minimum absolute atomic E-state index is 0.0227. The van der Waals surface area contributed by atoms with Crippen LogP contribution in [0.5, 0.6) is 0 Å². The van der Waals surface area contributed by atoms with E-state index in [4.69, 9.17) is 9.78 Å². The fraction of sp³-hybridized carbons (Fsp3) is 0.217. The standard InChI is InChI=1S/C23H16F3N5O/c1-2-4-17-10-18-19(8-7-16(12-28)21(18)23(24,25)26)31(17)13-20-29-22(32-30-20)15-6-3-5-14(9-15)11-27/h3,5-10H,2,4,13H2,1H3. The van der Waals surface area contributed by atoms with Gasteiger partial charge in [0.05, 0.1) is 35.4 Å². The first kappa shape index (κ1) is 21.1. The molecule has 160 valence electrons. The lowest BCUT2D eigenvalue weighted by atomic mass is 10.0. The van der Waals surface area contributed by atoms with Gasteiger partial charge in [-0.05, 0) is 42.8 Å². The predicted molar refractivity (Wildman–Crippen MR) is 109 cm³/mol. The second kappa shape index (κ2) is 8.20. The van der Waals surface area contributed by atoms with Crippen molar-refractivity contribution in [3.63, 3.8) is 0 Å². The third-order valence-electron chi connectivity index (χ3n) is 5.09. The summed E-state index contributed by atoms with van der Waals surface area (Å²) in [5.41, 5.74) is 0.697. The Labute approximate surface area is 181 Å². The Kier molecular flexibility index (Phi) is 5.41. The molecule has 2 heterocycles. The molecule has 0 N–H and O–H groups in total. The molecule has 2 aromatic heterocycles. The number of nitriles is 2. The molecule has 0 aliphatic rings. The highest BCUT2D eigenvalue weighted by molar-refractivity contribution is 5.87. The van der Waals surface area contributed by atoms with Crippen LogP contribution in [0, 0.1) is 22.7 Å². The average molecular weight is 435 g/mol. The molecule has 4 aromatic rings. The minimum atomic E-state index is -4.66. The number of aromatic nitrogens is 3. The molecule has 0 amide bonds. The Morgan fingerprint density at radius 2 is 1.91 bits per heavy atom. The van der Waals surface area contributed by atoms with Crippen molar-refractivity contribution in [2.75, 3.05) is 0 Å². The van der Waals surface area contributed by atoms with Gasteiger partial charge in [-0.2, -0.15) is 28.7 Å². The molecule has 4 rings (SSSR count). The maximum Gasteiger partial charge on any atom is 0.418 e. The van der Waals surface area contributed by atoms with Gasteiger partial charge in [0, 0.05) is 22.2 Å². The lowest BCUT2D eigenvalue weighted by Crippen LogP contribution is -2.09. The van der Waals surface area contributed by atoms with Crippen molar-refractivity contribution in [1.82, 2.24) is 14.7 Å². The monoisotopic (exact) mass is 435 g/mol. The van der Waals surface area contributed by atoms with Crippen molar-refractivity contribution >= 4 is 10.9 Å². The molecule has 0 aliphatic heterocycles. The van der Waals surface area contributed by atoms with Crippen LogP contribution in [0.15, 0.2) is 47.0 Å². The first-order valence-electron chi connectivity index (χ1n) is 9.81. The molecule has 2 aromatic carbocycles. The van der Waals surface area contributed by atoms with Crippen molar-refractivity contribution in [1.29, 1.82) is 10.5 Å². The van der Waals surface area contributed by atoms with Crippen molar-refractivity contribution < 1.29 is 17.7 Å². The number of benzene rings is 2. The zero-order valence-corrected chi connectivity index (χ0v) is 16.9. The van der Waals surface area contributed by atoms with E-state index in [0.717, 1.165) is 6.42 Å². The number of fused-ring (bicyclic) bond motifs is 1. The molecule has 32 heavy (non-hydrogen) atoms. The van der Waals surface area contributed by atoms with E-state index < -0.39 is 17.3 Å². The molecular formula is C23H16F3N5O. The summed E-state index contributed by atoms with van der Waals surface area (Å²) in [6, 6.07) is 14.6. The number of aryl methyl sites for hydroxylation is 1. The van der Waals surface area contributed by atoms with E-state index in [1.54, 1.807) is 34.9 Å². The molecule has 0 radical (unpaired) electrons. The number of halogens is 3. The van der Waals surface area contributed by atoms with Crippen molar-refractivity contribution in [3.05, 3.63) is 70.7 Å². The summed E-state index contributed by atoms with van der Waals surface area (Å²) in [5.74, 6) is 0.503. The fourth-order valence-electron chi connectivity index (χ4n) is 3.74. The van der Waals surface area contributed by atoms with Gasteiger partial charge in [0.2, 0.25) is 0 Å². The lowest BCUT2D eigenvalue weighted by Gasteiger charge is -2.11. The number of rotatable bonds is 5. The molecule has 0 aliphatic carbocycles. The Hall–Kier alpha value is -4.11. The molecule has 6 nitrogen and oxygen atoms in total. The molecule has 0 saturated heterocycles. The largest absolute Gasteiger partial charge is 0.418 e. The SMILES string of the molecule is CCCc1cc2c(C(F)(F)F)c(C#N)ccc2n1Cc1noc(-c2cccc(C#N)c2)n1. The Morgan fingerprint density at radius 3 is 2.59 bits per heavy atom. The van der Waals surface area contributed by atoms with Crippen LogP contribution >= 0.6 is 0 Å². The van der Waals surface area contributed by atoms with Gasteiger partial charge in [-0.1, -0.05) is 24.6 Å². The van der Waals surface area contributed by atoms with Crippen LogP contribution in [0.4, 0.5) is 13.2 Å². The quantitative estimate of drug-likeness (QED) is 0.415. The molecule has 9 heteroatoms. The van der Waals surface area contributed by atoms with Crippen molar-refractivity contribution in [2.24, 2.45) is 0 Å². The van der Waals surface area contributed by atoms with Gasteiger partial charge in [-0.25, -0.2) is 0 Å². The first-order chi connectivity index (χ1) is 15.4. The number of nitrogens with zero attached hydrogens (tertiary/aromatic N) is 5. The van der Waals surface area contributed by atoms with Crippen LogP contribution in [-0.4, -0.2) is 14.7 Å². The summed E-state index contributed by atoms with van der Waals surface area (Å²) in [4.78, 5) is 4.36. The topological polar surface area (TPSA) is 91.4 Å². The smallest absolute Gasteiger partial charge is 0.337 e. The average Bonchev–Trinajstić information content (AvgIpc) is 3.38. The summed E-state index contributed by atoms with van der Waals surface area (Å²) < 4.78 is 48.3. The maximum absolute atomic E-state index is 13.7. The Bertz CT molecular complexity index is 1390. The highest BCUT2D eigenvalue weighted by atomic mass is 19.4. The number of hydrogen-bond acceptors (Lipinski definition) is 5. The van der Waals surface area contributed by atoms with E-state index in [2.05, 4.69) is 10.1 Å². The van der Waals surface area contributed by atoms with Gasteiger partial charge in [0.25, 0.3) is 5.89 Å². The van der Waals surface area contributed by atoms with Gasteiger partial charge in [0.15, 0.2) is 5.82 Å². The zero-order chi connectivity index (χ0) is 22.9. The molecule has 0 atom stereocenters. The Morgan fingerprint density at radius 1 is 1.09 bits per heavy atom. The summed E-state index contributed by atoms with van der Waals surface area (Å²) in [7, 11) is 0. The second-order valence-electron chi connectivity index (χ2n) is 7.21. The van der Waals surface area contributed by atoms with Gasteiger partial charge in [-0.15, -0.1) is 0 Å². The zero-order valence-electron chi connectivity index (χ0n) is 16.9. The van der Waals surface area contributed by atoms with E-state index in [9.17, 15) is 18.4 Å². The highest BCUT2D eigenvalue weighted by Gasteiger charge is 2.36. The number of alkyl halides is 3. The summed E-state index contributed by atoms with van der Waals surface area (Å²) >= 11 is 0. The van der Waals surface area contributed by atoms with Gasteiger partial charge < -0.3 is 9.09 Å². The summed E-state index contributed by atoms with van der Waals surface area (Å²) in [6.07, 6.45) is -3.39. The lowest BCUT2D eigenvalue weighted by molar-refractivity contribution is -0.136. The van der Waals surface area contributed by atoms with Gasteiger partial charge in [-0.3, -0.25) is 0 Å². The van der Waals surface area contributed by atoms with Crippen LogP contribution in [0.1, 0.15) is 41.6 Å². The van der Waals surface area contributed by atoms with Gasteiger partial charge in [0.1, 0.15) is 0 Å². The van der Waals surface area contributed by atoms with Crippen LogP contribution in [0.2, 0.25) is 0 Å². The summed E-state index contributed by atoms with van der Waals surface area (Å²) in [5, 5.41) is 22.2. The normalized spacial score (nSPS) is 11.4. The van der Waals surface area contributed by atoms with Gasteiger partial charge >= 0.3 is 6.18 Å². The fourth-order valence-corrected chi connectivity index (χ4v) is 3.74. The van der Waals surface area contributed by atoms with E-state index >= 15 is 0 Å². The molecule has 0 unspecified atom stereocenters.